The van der Waals surface area contributed by atoms with Crippen molar-refractivity contribution in [1.82, 2.24) is 25.3 Å². The van der Waals surface area contributed by atoms with Crippen LogP contribution in [0.15, 0.2) is 30.7 Å². The Kier molecular flexibility index (Phi) is 6.91. The van der Waals surface area contributed by atoms with Crippen LogP contribution >= 0.6 is 11.6 Å². The number of halogens is 2. The fraction of sp³-hybridized carbons (Fsp3) is 0.381. The number of hydrogen-bond donors (Lipinski definition) is 4. The van der Waals surface area contributed by atoms with Crippen LogP contribution in [0.1, 0.15) is 25.7 Å². The minimum absolute atomic E-state index is 0.00554. The minimum Gasteiger partial charge on any atom is -0.395 e. The van der Waals surface area contributed by atoms with Gasteiger partial charge in [0.05, 0.1) is 17.8 Å². The number of rotatable bonds is 7. The first-order valence-corrected chi connectivity index (χ1v) is 10.8. The molecule has 0 radical (unpaired) electrons. The largest absolute Gasteiger partial charge is 0.395 e. The maximum Gasteiger partial charge on any atom is 0.223 e. The van der Waals surface area contributed by atoms with E-state index in [-0.39, 0.29) is 36.0 Å². The molecule has 1 amide bonds. The highest BCUT2D eigenvalue weighted by Crippen LogP contribution is 2.28. The average Bonchev–Trinajstić information content (AvgIpc) is 2.81. The average molecular weight is 460 g/mol. The Morgan fingerprint density at radius 1 is 1.19 bits per heavy atom. The van der Waals surface area contributed by atoms with E-state index >= 15 is 0 Å². The second-order valence-corrected chi connectivity index (χ2v) is 8.02. The molecule has 1 aliphatic rings. The molecule has 0 spiro atoms. The maximum absolute atomic E-state index is 13.4. The lowest BCUT2D eigenvalue weighted by Gasteiger charge is -2.28. The molecule has 0 unspecified atom stereocenters. The summed E-state index contributed by atoms with van der Waals surface area (Å²) in [5.74, 6) is 0.351. The summed E-state index contributed by atoms with van der Waals surface area (Å²) in [4.78, 5) is 29.5. The number of benzene rings is 1. The molecule has 1 aliphatic carbocycles. The number of carbonyl (C=O) groups excluding carboxylic acids is 1. The van der Waals surface area contributed by atoms with Gasteiger partial charge in [-0.25, -0.2) is 24.3 Å². The summed E-state index contributed by atoms with van der Waals surface area (Å²) in [5, 5.41) is 18.0. The molecular weight excluding hydrogens is 437 g/mol. The molecule has 32 heavy (non-hydrogen) atoms. The predicted molar refractivity (Wildman–Crippen MR) is 119 cm³/mol. The van der Waals surface area contributed by atoms with Crippen molar-refractivity contribution in [3.63, 3.8) is 0 Å². The van der Waals surface area contributed by atoms with Gasteiger partial charge in [-0.1, -0.05) is 11.6 Å². The standard InChI is InChI=1S/C21H23ClFN7O2/c22-15-9-14(5-6-16(15)23)28-19-18-17(26-11-27-19)10-25-21(30-18)29-13-3-1-12(2-4-13)20(32)24-7-8-31/h5-6,9-13,31H,1-4,7-8H2,(H,24,32)(H,25,29,30)(H,26,27,28). The summed E-state index contributed by atoms with van der Waals surface area (Å²) < 4.78 is 13.4. The van der Waals surface area contributed by atoms with E-state index in [4.69, 9.17) is 16.7 Å². The molecule has 1 fully saturated rings. The van der Waals surface area contributed by atoms with E-state index in [1.54, 1.807) is 12.3 Å². The van der Waals surface area contributed by atoms with E-state index in [0.29, 0.717) is 28.5 Å². The number of aliphatic hydroxyl groups excluding tert-OH is 1. The summed E-state index contributed by atoms with van der Waals surface area (Å²) >= 11 is 5.87. The number of fused-ring (bicyclic) bond motifs is 1. The molecule has 1 aromatic carbocycles. The second kappa shape index (κ2) is 10.0. The Bertz CT molecular complexity index is 1110. The van der Waals surface area contributed by atoms with Crippen LogP contribution in [0.25, 0.3) is 11.0 Å². The van der Waals surface area contributed by atoms with E-state index in [2.05, 4.69) is 35.9 Å². The first kappa shape index (κ1) is 22.1. The number of hydrogen-bond acceptors (Lipinski definition) is 8. The summed E-state index contributed by atoms with van der Waals surface area (Å²) in [6.07, 6.45) is 6.14. The van der Waals surface area contributed by atoms with Crippen molar-refractivity contribution in [3.8, 4) is 0 Å². The number of aliphatic hydroxyl groups is 1. The van der Waals surface area contributed by atoms with Crippen LogP contribution in [0.3, 0.4) is 0 Å². The molecule has 168 valence electrons. The molecule has 1 saturated carbocycles. The first-order valence-electron chi connectivity index (χ1n) is 10.4. The van der Waals surface area contributed by atoms with Crippen molar-refractivity contribution in [1.29, 1.82) is 0 Å². The van der Waals surface area contributed by atoms with Gasteiger partial charge in [-0.15, -0.1) is 0 Å². The third-order valence-electron chi connectivity index (χ3n) is 5.40. The molecular formula is C21H23ClFN7O2. The molecule has 4 N–H and O–H groups in total. The van der Waals surface area contributed by atoms with E-state index in [0.717, 1.165) is 25.7 Å². The molecule has 0 bridgehead atoms. The fourth-order valence-corrected chi connectivity index (χ4v) is 3.91. The third-order valence-corrected chi connectivity index (χ3v) is 5.69. The Morgan fingerprint density at radius 2 is 2.00 bits per heavy atom. The molecule has 3 aromatic rings. The monoisotopic (exact) mass is 459 g/mol. The van der Waals surface area contributed by atoms with E-state index < -0.39 is 5.82 Å². The Labute approximate surface area is 188 Å². The lowest BCUT2D eigenvalue weighted by molar-refractivity contribution is -0.126. The van der Waals surface area contributed by atoms with Crippen LogP contribution in [-0.4, -0.2) is 50.1 Å². The van der Waals surface area contributed by atoms with Gasteiger partial charge in [0, 0.05) is 24.2 Å². The summed E-state index contributed by atoms with van der Waals surface area (Å²) in [6.45, 7) is 0.223. The molecule has 9 nitrogen and oxygen atoms in total. The van der Waals surface area contributed by atoms with Gasteiger partial charge in [0.1, 0.15) is 23.2 Å². The van der Waals surface area contributed by atoms with Crippen molar-refractivity contribution in [2.45, 2.75) is 31.7 Å². The van der Waals surface area contributed by atoms with Crippen molar-refractivity contribution < 1.29 is 14.3 Å². The fourth-order valence-electron chi connectivity index (χ4n) is 3.73. The van der Waals surface area contributed by atoms with Crippen LogP contribution in [-0.2, 0) is 4.79 Å². The van der Waals surface area contributed by atoms with Gasteiger partial charge in [-0.05, 0) is 43.9 Å². The lowest BCUT2D eigenvalue weighted by Crippen LogP contribution is -2.37. The lowest BCUT2D eigenvalue weighted by atomic mass is 9.85. The predicted octanol–water partition coefficient (Wildman–Crippen LogP) is 3.04. The quantitative estimate of drug-likeness (QED) is 0.425. The van der Waals surface area contributed by atoms with Crippen molar-refractivity contribution in [2.24, 2.45) is 5.92 Å². The number of nitrogens with zero attached hydrogens (tertiary/aromatic N) is 4. The normalized spacial score (nSPS) is 18.3. The number of anilines is 3. The van der Waals surface area contributed by atoms with Gasteiger partial charge in [-0.2, -0.15) is 0 Å². The molecule has 0 aliphatic heterocycles. The molecule has 0 saturated heterocycles. The Morgan fingerprint density at radius 3 is 2.75 bits per heavy atom. The maximum atomic E-state index is 13.4. The summed E-state index contributed by atoms with van der Waals surface area (Å²) in [7, 11) is 0. The number of nitrogens with one attached hydrogen (secondary N) is 3. The highest BCUT2D eigenvalue weighted by molar-refractivity contribution is 6.31. The minimum atomic E-state index is -0.501. The second-order valence-electron chi connectivity index (χ2n) is 7.61. The molecule has 11 heteroatoms. The van der Waals surface area contributed by atoms with Gasteiger partial charge in [0.25, 0.3) is 0 Å². The van der Waals surface area contributed by atoms with Gasteiger partial charge in [0.15, 0.2) is 5.82 Å². The van der Waals surface area contributed by atoms with Crippen molar-refractivity contribution in [3.05, 3.63) is 41.6 Å². The zero-order valence-electron chi connectivity index (χ0n) is 17.2. The van der Waals surface area contributed by atoms with Gasteiger partial charge < -0.3 is 21.1 Å². The zero-order valence-corrected chi connectivity index (χ0v) is 17.9. The van der Waals surface area contributed by atoms with E-state index in [1.807, 2.05) is 0 Å². The van der Waals surface area contributed by atoms with Crippen molar-refractivity contribution in [2.75, 3.05) is 23.8 Å². The molecule has 4 rings (SSSR count). The highest BCUT2D eigenvalue weighted by Gasteiger charge is 2.26. The molecule has 2 aromatic heterocycles. The van der Waals surface area contributed by atoms with Crippen LogP contribution < -0.4 is 16.0 Å². The number of carbonyl (C=O) groups is 1. The van der Waals surface area contributed by atoms with Gasteiger partial charge in [-0.3, -0.25) is 4.79 Å². The van der Waals surface area contributed by atoms with E-state index in [1.165, 1.54) is 18.5 Å². The zero-order chi connectivity index (χ0) is 22.5. The van der Waals surface area contributed by atoms with Crippen LogP contribution in [0.4, 0.5) is 21.8 Å². The summed E-state index contributed by atoms with van der Waals surface area (Å²) in [6, 6.07) is 4.45. The number of amides is 1. The topological polar surface area (TPSA) is 125 Å². The smallest absolute Gasteiger partial charge is 0.223 e. The molecule has 0 atom stereocenters. The van der Waals surface area contributed by atoms with Crippen LogP contribution in [0, 0.1) is 11.7 Å². The Hall–Kier alpha value is -3.11. The van der Waals surface area contributed by atoms with Gasteiger partial charge in [0.2, 0.25) is 11.9 Å². The van der Waals surface area contributed by atoms with Crippen LogP contribution in [0.2, 0.25) is 5.02 Å². The van der Waals surface area contributed by atoms with Gasteiger partial charge >= 0.3 is 0 Å². The third kappa shape index (κ3) is 5.20. The Balaban J connectivity index is 1.45. The van der Waals surface area contributed by atoms with Crippen molar-refractivity contribution >= 4 is 46.0 Å². The van der Waals surface area contributed by atoms with Crippen LogP contribution in [0.5, 0.6) is 0 Å². The SMILES string of the molecule is O=C(NCCO)C1CCC(Nc2ncc3ncnc(Nc4ccc(F)c(Cl)c4)c3n2)CC1. The highest BCUT2D eigenvalue weighted by atomic mass is 35.5. The molecule has 2 heterocycles. The van der Waals surface area contributed by atoms with E-state index in [9.17, 15) is 9.18 Å². The number of aromatic nitrogens is 4. The summed E-state index contributed by atoms with van der Waals surface area (Å²) in [5.41, 5.74) is 1.65. The first-order chi connectivity index (χ1) is 15.5.